The lowest BCUT2D eigenvalue weighted by Gasteiger charge is -2.19. The van der Waals surface area contributed by atoms with Crippen molar-refractivity contribution in [2.24, 2.45) is 0 Å². The Bertz CT molecular complexity index is 351. The normalized spacial score (nSPS) is 12.3. The van der Waals surface area contributed by atoms with E-state index in [4.69, 9.17) is 4.74 Å². The molecule has 20 heavy (non-hydrogen) atoms. The molecule has 1 unspecified atom stereocenters. The largest absolute Gasteiger partial charge is 0.497 e. The van der Waals surface area contributed by atoms with Crippen molar-refractivity contribution in [3.8, 4) is 5.75 Å². The molecule has 0 aromatic heterocycles. The molecule has 1 atom stereocenters. The predicted molar refractivity (Wildman–Crippen MR) is 87.4 cm³/mol. The summed E-state index contributed by atoms with van der Waals surface area (Å²) in [4.78, 5) is 0. The summed E-state index contributed by atoms with van der Waals surface area (Å²) in [6.07, 6.45) is 9.35. The van der Waals surface area contributed by atoms with E-state index in [2.05, 4.69) is 37.4 Å². The molecule has 0 aliphatic heterocycles. The quantitative estimate of drug-likeness (QED) is 0.568. The van der Waals surface area contributed by atoms with Crippen molar-refractivity contribution in [1.29, 1.82) is 0 Å². The summed E-state index contributed by atoms with van der Waals surface area (Å²) in [6, 6.07) is 8.91. The zero-order valence-electron chi connectivity index (χ0n) is 13.5. The average Bonchev–Trinajstić information content (AvgIpc) is 2.49. The van der Waals surface area contributed by atoms with E-state index in [-0.39, 0.29) is 0 Å². The van der Waals surface area contributed by atoms with Gasteiger partial charge in [0.2, 0.25) is 0 Å². The van der Waals surface area contributed by atoms with E-state index in [1.54, 1.807) is 7.11 Å². The second-order valence-corrected chi connectivity index (χ2v) is 5.44. The van der Waals surface area contributed by atoms with Crippen LogP contribution in [0.2, 0.25) is 0 Å². The number of hydrogen-bond donors (Lipinski definition) is 1. The van der Waals surface area contributed by atoms with Gasteiger partial charge in [-0.15, -0.1) is 0 Å². The Balaban J connectivity index is 2.42. The Morgan fingerprint density at radius 2 is 1.80 bits per heavy atom. The van der Waals surface area contributed by atoms with Gasteiger partial charge in [0.25, 0.3) is 0 Å². The van der Waals surface area contributed by atoms with Gasteiger partial charge in [0.05, 0.1) is 7.11 Å². The van der Waals surface area contributed by atoms with Gasteiger partial charge < -0.3 is 10.1 Å². The van der Waals surface area contributed by atoms with Gasteiger partial charge in [0.1, 0.15) is 5.75 Å². The lowest BCUT2D eigenvalue weighted by Crippen LogP contribution is -2.20. The van der Waals surface area contributed by atoms with Gasteiger partial charge in [0.15, 0.2) is 0 Å². The summed E-state index contributed by atoms with van der Waals surface area (Å²) >= 11 is 0. The van der Waals surface area contributed by atoms with Gasteiger partial charge >= 0.3 is 0 Å². The molecule has 2 heteroatoms. The molecule has 2 nitrogen and oxygen atoms in total. The first-order valence-electron chi connectivity index (χ1n) is 8.19. The number of ether oxygens (including phenoxy) is 1. The Morgan fingerprint density at radius 3 is 2.50 bits per heavy atom. The number of hydrogen-bond acceptors (Lipinski definition) is 2. The van der Waals surface area contributed by atoms with E-state index >= 15 is 0 Å². The number of rotatable bonds is 11. The Morgan fingerprint density at radius 1 is 1.05 bits per heavy atom. The molecule has 0 fully saturated rings. The monoisotopic (exact) mass is 277 g/mol. The minimum Gasteiger partial charge on any atom is -0.497 e. The van der Waals surface area contributed by atoms with Crippen LogP contribution in [0.1, 0.15) is 70.4 Å². The third-order valence-corrected chi connectivity index (χ3v) is 3.79. The molecule has 0 bridgehead atoms. The number of benzene rings is 1. The van der Waals surface area contributed by atoms with Crippen LogP contribution in [0.25, 0.3) is 0 Å². The van der Waals surface area contributed by atoms with Gasteiger partial charge in [0, 0.05) is 6.04 Å². The number of methoxy groups -OCH3 is 1. The van der Waals surface area contributed by atoms with Crippen molar-refractivity contribution >= 4 is 0 Å². The summed E-state index contributed by atoms with van der Waals surface area (Å²) in [6.45, 7) is 5.45. The first-order valence-corrected chi connectivity index (χ1v) is 8.19. The van der Waals surface area contributed by atoms with Crippen LogP contribution in [0.3, 0.4) is 0 Å². The summed E-state index contributed by atoms with van der Waals surface area (Å²) < 4.78 is 5.33. The van der Waals surface area contributed by atoms with Crippen molar-refractivity contribution in [3.63, 3.8) is 0 Å². The zero-order chi connectivity index (χ0) is 14.6. The SMILES string of the molecule is CCCCCCCCC(NCC)c1cccc(OC)c1. The van der Waals surface area contributed by atoms with Crippen molar-refractivity contribution in [2.75, 3.05) is 13.7 Å². The van der Waals surface area contributed by atoms with Crippen LogP contribution in [-0.4, -0.2) is 13.7 Å². The van der Waals surface area contributed by atoms with Crippen molar-refractivity contribution in [2.45, 2.75) is 64.8 Å². The minimum absolute atomic E-state index is 0.460. The molecule has 1 aromatic carbocycles. The van der Waals surface area contributed by atoms with Gasteiger partial charge in [-0.1, -0.05) is 64.5 Å². The third-order valence-electron chi connectivity index (χ3n) is 3.79. The smallest absolute Gasteiger partial charge is 0.119 e. The summed E-state index contributed by atoms with van der Waals surface area (Å²) in [7, 11) is 1.73. The topological polar surface area (TPSA) is 21.3 Å². The van der Waals surface area contributed by atoms with E-state index < -0.39 is 0 Å². The fraction of sp³-hybridized carbons (Fsp3) is 0.667. The second kappa shape index (κ2) is 10.7. The van der Waals surface area contributed by atoms with Gasteiger partial charge in [-0.05, 0) is 30.7 Å². The van der Waals surface area contributed by atoms with Crippen LogP contribution in [0.5, 0.6) is 5.75 Å². The molecule has 0 spiro atoms. The molecule has 1 rings (SSSR count). The van der Waals surface area contributed by atoms with Crippen LogP contribution in [0.4, 0.5) is 0 Å². The molecule has 0 saturated heterocycles. The molecule has 0 saturated carbocycles. The second-order valence-electron chi connectivity index (χ2n) is 5.44. The molecule has 1 N–H and O–H groups in total. The third kappa shape index (κ3) is 6.42. The molecule has 114 valence electrons. The van der Waals surface area contributed by atoms with Crippen LogP contribution in [-0.2, 0) is 0 Å². The lowest BCUT2D eigenvalue weighted by atomic mass is 9.99. The van der Waals surface area contributed by atoms with E-state index in [1.807, 2.05) is 6.07 Å². The van der Waals surface area contributed by atoms with Gasteiger partial charge in [-0.2, -0.15) is 0 Å². The molecule has 0 amide bonds. The first kappa shape index (κ1) is 17.0. The Hall–Kier alpha value is -1.02. The fourth-order valence-corrected chi connectivity index (χ4v) is 2.62. The highest BCUT2D eigenvalue weighted by Crippen LogP contribution is 2.23. The highest BCUT2D eigenvalue weighted by molar-refractivity contribution is 5.30. The molecule has 0 aliphatic rings. The van der Waals surface area contributed by atoms with Crippen molar-refractivity contribution < 1.29 is 4.74 Å². The average molecular weight is 277 g/mol. The summed E-state index contributed by atoms with van der Waals surface area (Å²) in [5, 5.41) is 3.60. The summed E-state index contributed by atoms with van der Waals surface area (Å²) in [5.41, 5.74) is 1.35. The van der Waals surface area contributed by atoms with E-state index in [1.165, 1.54) is 50.5 Å². The van der Waals surface area contributed by atoms with E-state index in [9.17, 15) is 0 Å². The molecular formula is C18H31NO. The molecule has 0 heterocycles. The molecular weight excluding hydrogens is 246 g/mol. The van der Waals surface area contributed by atoms with E-state index in [0.717, 1.165) is 12.3 Å². The standard InChI is InChI=1S/C18H31NO/c1-4-6-7-8-9-10-14-18(19-5-2)16-12-11-13-17(15-16)20-3/h11-13,15,18-19H,4-10,14H2,1-3H3. The lowest BCUT2D eigenvalue weighted by molar-refractivity contribution is 0.411. The van der Waals surface area contributed by atoms with Gasteiger partial charge in [-0.25, -0.2) is 0 Å². The van der Waals surface area contributed by atoms with Crippen molar-refractivity contribution in [1.82, 2.24) is 5.32 Å². The maximum atomic E-state index is 5.33. The van der Waals surface area contributed by atoms with Crippen molar-refractivity contribution in [3.05, 3.63) is 29.8 Å². The molecule has 0 aliphatic carbocycles. The molecule has 1 aromatic rings. The Labute approximate surface area is 124 Å². The van der Waals surface area contributed by atoms with Crippen LogP contribution in [0.15, 0.2) is 24.3 Å². The minimum atomic E-state index is 0.460. The first-order chi connectivity index (χ1) is 9.81. The van der Waals surface area contributed by atoms with Crippen LogP contribution in [0, 0.1) is 0 Å². The number of nitrogens with one attached hydrogen (secondary N) is 1. The fourth-order valence-electron chi connectivity index (χ4n) is 2.62. The van der Waals surface area contributed by atoms with E-state index in [0.29, 0.717) is 6.04 Å². The highest BCUT2D eigenvalue weighted by Gasteiger charge is 2.10. The molecule has 0 radical (unpaired) electrons. The van der Waals surface area contributed by atoms with Gasteiger partial charge in [-0.3, -0.25) is 0 Å². The zero-order valence-corrected chi connectivity index (χ0v) is 13.5. The predicted octanol–water partition coefficient (Wildman–Crippen LogP) is 5.10. The maximum absolute atomic E-state index is 5.33. The summed E-state index contributed by atoms with van der Waals surface area (Å²) in [5.74, 6) is 0.952. The highest BCUT2D eigenvalue weighted by atomic mass is 16.5. The van der Waals surface area contributed by atoms with Crippen LogP contribution >= 0.6 is 0 Å². The number of unbranched alkanes of at least 4 members (excludes halogenated alkanes) is 5. The Kier molecular flexibility index (Phi) is 9.14. The van der Waals surface area contributed by atoms with Crippen LogP contribution < -0.4 is 10.1 Å². The maximum Gasteiger partial charge on any atom is 0.119 e.